The number of esters is 2. The maximum absolute atomic E-state index is 11.3. The fourth-order valence-corrected chi connectivity index (χ4v) is 4.67. The second kappa shape index (κ2) is 17.1. The van der Waals surface area contributed by atoms with Crippen molar-refractivity contribution >= 4 is 35.0 Å². The monoisotopic (exact) mass is 617 g/mol. The zero-order chi connectivity index (χ0) is 32.7. The van der Waals surface area contributed by atoms with Gasteiger partial charge in [-0.05, 0) is 90.7 Å². The van der Waals surface area contributed by atoms with E-state index >= 15 is 0 Å². The third-order valence-electron chi connectivity index (χ3n) is 7.03. The largest absolute Gasteiger partial charge is 0.490 e. The van der Waals surface area contributed by atoms with E-state index < -0.39 is 11.9 Å². The summed E-state index contributed by atoms with van der Waals surface area (Å²) in [6, 6.07) is 32.6. The van der Waals surface area contributed by atoms with Gasteiger partial charge in [-0.15, -0.1) is 0 Å². The minimum Gasteiger partial charge on any atom is -0.490 e. The molecule has 0 radical (unpaired) electrons. The van der Waals surface area contributed by atoms with E-state index in [1.807, 2.05) is 48.5 Å². The summed E-state index contributed by atoms with van der Waals surface area (Å²) in [5.74, 6) is 0.372. The molecule has 0 N–H and O–H groups in total. The van der Waals surface area contributed by atoms with Crippen LogP contribution in [0.5, 0.6) is 11.5 Å². The van der Waals surface area contributed by atoms with Crippen molar-refractivity contribution in [2.24, 2.45) is 0 Å². The second-order valence-electron chi connectivity index (χ2n) is 10.2. The molecule has 46 heavy (non-hydrogen) atoms. The van der Waals surface area contributed by atoms with Crippen LogP contribution in [0, 0.1) is 6.92 Å². The molecular weight excluding hydrogens is 578 g/mol. The van der Waals surface area contributed by atoms with Gasteiger partial charge in [-0.1, -0.05) is 67.3 Å². The summed E-state index contributed by atoms with van der Waals surface area (Å²) in [6.45, 7) is 12.6. The number of benzene rings is 4. The molecule has 0 fully saturated rings. The quantitative estimate of drug-likeness (QED) is 0.0547. The average molecular weight is 618 g/mol. The van der Waals surface area contributed by atoms with Crippen LogP contribution in [-0.2, 0) is 19.1 Å². The highest BCUT2D eigenvalue weighted by Gasteiger charge is 2.10. The molecule has 0 spiro atoms. The summed E-state index contributed by atoms with van der Waals surface area (Å²) >= 11 is 0. The van der Waals surface area contributed by atoms with Gasteiger partial charge in [-0.2, -0.15) is 0 Å². The Labute approximate surface area is 271 Å². The molecule has 236 valence electrons. The molecule has 7 heteroatoms. The highest BCUT2D eigenvalue weighted by atomic mass is 16.6. The van der Waals surface area contributed by atoms with Crippen LogP contribution in [0.2, 0.25) is 0 Å². The lowest BCUT2D eigenvalue weighted by molar-refractivity contribution is -0.139. The van der Waals surface area contributed by atoms with Crippen molar-refractivity contribution in [3.63, 3.8) is 0 Å². The molecule has 4 aromatic carbocycles. The number of carbonyl (C=O) groups excluding carboxylic acids is 2. The number of nitrogens with zero attached hydrogens (tertiary/aromatic N) is 1. The molecule has 0 bridgehead atoms. The van der Waals surface area contributed by atoms with Crippen LogP contribution in [0.1, 0.15) is 29.2 Å². The molecule has 0 saturated carbocycles. The fraction of sp³-hybridized carbons (Fsp3) is 0.179. The van der Waals surface area contributed by atoms with E-state index in [9.17, 15) is 9.59 Å². The van der Waals surface area contributed by atoms with Crippen LogP contribution in [0.4, 0.5) is 11.4 Å². The second-order valence-corrected chi connectivity index (χ2v) is 10.2. The van der Waals surface area contributed by atoms with Gasteiger partial charge in [0.15, 0.2) is 0 Å². The van der Waals surface area contributed by atoms with Gasteiger partial charge in [0.1, 0.15) is 37.9 Å². The third kappa shape index (κ3) is 9.72. The van der Waals surface area contributed by atoms with E-state index in [0.717, 1.165) is 52.3 Å². The Morgan fingerprint density at radius 2 is 1.07 bits per heavy atom. The number of carbonyl (C=O) groups is 2. The van der Waals surface area contributed by atoms with Crippen molar-refractivity contribution in [1.29, 1.82) is 0 Å². The van der Waals surface area contributed by atoms with Gasteiger partial charge < -0.3 is 23.8 Å². The summed E-state index contributed by atoms with van der Waals surface area (Å²) in [5.41, 5.74) is 7.55. The first-order valence-corrected chi connectivity index (χ1v) is 15.1. The summed E-state index contributed by atoms with van der Waals surface area (Å²) in [5, 5.41) is 0. The lowest BCUT2D eigenvalue weighted by atomic mass is 9.95. The Hall–Kier alpha value is -5.56. The van der Waals surface area contributed by atoms with Crippen LogP contribution in [0.25, 0.3) is 11.6 Å². The van der Waals surface area contributed by atoms with Gasteiger partial charge in [0.2, 0.25) is 0 Å². The zero-order valence-electron chi connectivity index (χ0n) is 26.3. The predicted molar refractivity (Wildman–Crippen MR) is 183 cm³/mol. The van der Waals surface area contributed by atoms with Crippen LogP contribution >= 0.6 is 0 Å². The lowest BCUT2D eigenvalue weighted by Crippen LogP contribution is -2.15. The first kappa shape index (κ1) is 33.3. The van der Waals surface area contributed by atoms with Crippen molar-refractivity contribution in [2.75, 3.05) is 37.9 Å². The van der Waals surface area contributed by atoms with E-state index in [2.05, 4.69) is 86.5 Å². The molecule has 0 amide bonds. The maximum atomic E-state index is 11.3. The normalized spacial score (nSPS) is 10.3. The number of aryl methyl sites for hydroxylation is 1. The van der Waals surface area contributed by atoms with Gasteiger partial charge >= 0.3 is 11.9 Å². The molecule has 7 nitrogen and oxygen atoms in total. The Bertz CT molecular complexity index is 1550. The molecule has 0 saturated heterocycles. The zero-order valence-corrected chi connectivity index (χ0v) is 26.3. The fourth-order valence-electron chi connectivity index (χ4n) is 4.67. The van der Waals surface area contributed by atoms with Crippen molar-refractivity contribution in [1.82, 2.24) is 0 Å². The summed E-state index contributed by atoms with van der Waals surface area (Å²) in [7, 11) is 0. The first-order chi connectivity index (χ1) is 22.4. The molecule has 0 aliphatic rings. The highest BCUT2D eigenvalue weighted by molar-refractivity contribution is 5.92. The minimum absolute atomic E-state index is 0.137. The summed E-state index contributed by atoms with van der Waals surface area (Å²) in [4.78, 5) is 24.8. The standard InChI is InChI=1S/C39H39NO6/c1-5-38(41)45-26-24-43-35-20-12-31(13-21-35)37(32-14-22-36(23-15-32)44-25-27-46-39(42)6-2)28-30-10-18-34(19-11-30)40(7-3)33-16-8-29(4)9-17-33/h5-6,8-23,28H,1-2,7,24-27H2,3-4H3. The Balaban J connectivity index is 1.56. The third-order valence-corrected chi connectivity index (χ3v) is 7.03. The smallest absolute Gasteiger partial charge is 0.330 e. The van der Waals surface area contributed by atoms with Gasteiger partial charge in [0.05, 0.1) is 0 Å². The van der Waals surface area contributed by atoms with Crippen LogP contribution in [0.15, 0.2) is 122 Å². The average Bonchev–Trinajstić information content (AvgIpc) is 3.09. The number of hydrogen-bond acceptors (Lipinski definition) is 7. The van der Waals surface area contributed by atoms with E-state index in [0.29, 0.717) is 11.5 Å². The molecular formula is C39H39NO6. The molecule has 4 rings (SSSR count). The molecule has 0 unspecified atom stereocenters. The van der Waals surface area contributed by atoms with Gasteiger partial charge in [0, 0.05) is 30.1 Å². The van der Waals surface area contributed by atoms with Gasteiger partial charge in [-0.25, -0.2) is 9.59 Å². The van der Waals surface area contributed by atoms with E-state index in [4.69, 9.17) is 18.9 Å². The SMILES string of the molecule is C=CC(=O)OCCOc1ccc(C(=Cc2ccc(N(CC)c3ccc(C)cc3)cc2)c2ccc(OCCOC(=O)C=C)cc2)cc1. The number of rotatable bonds is 16. The van der Waals surface area contributed by atoms with Crippen LogP contribution < -0.4 is 14.4 Å². The first-order valence-electron chi connectivity index (χ1n) is 15.1. The van der Waals surface area contributed by atoms with Crippen molar-refractivity contribution in [3.8, 4) is 11.5 Å². The summed E-state index contributed by atoms with van der Waals surface area (Å²) < 4.78 is 21.5. The Morgan fingerprint density at radius 3 is 1.48 bits per heavy atom. The number of anilines is 2. The van der Waals surface area contributed by atoms with Crippen LogP contribution in [-0.4, -0.2) is 44.9 Å². The predicted octanol–water partition coefficient (Wildman–Crippen LogP) is 7.96. The lowest BCUT2D eigenvalue weighted by Gasteiger charge is -2.23. The molecule has 0 atom stereocenters. The van der Waals surface area contributed by atoms with Gasteiger partial charge in [-0.3, -0.25) is 0 Å². The Morgan fingerprint density at radius 1 is 0.630 bits per heavy atom. The van der Waals surface area contributed by atoms with E-state index in [-0.39, 0.29) is 26.4 Å². The Kier molecular flexibility index (Phi) is 12.4. The molecule has 0 heterocycles. The van der Waals surface area contributed by atoms with E-state index in [1.165, 1.54) is 5.56 Å². The molecule has 4 aromatic rings. The maximum Gasteiger partial charge on any atom is 0.330 e. The highest BCUT2D eigenvalue weighted by Crippen LogP contribution is 2.31. The summed E-state index contributed by atoms with van der Waals surface area (Å²) in [6.07, 6.45) is 4.40. The molecule has 0 aliphatic carbocycles. The van der Waals surface area contributed by atoms with Crippen molar-refractivity contribution in [3.05, 3.63) is 145 Å². The minimum atomic E-state index is -0.480. The van der Waals surface area contributed by atoms with Crippen LogP contribution in [0.3, 0.4) is 0 Å². The van der Waals surface area contributed by atoms with Crippen molar-refractivity contribution < 1.29 is 28.5 Å². The molecule has 0 aromatic heterocycles. The topological polar surface area (TPSA) is 74.3 Å². The molecule has 0 aliphatic heterocycles. The van der Waals surface area contributed by atoms with Crippen molar-refractivity contribution in [2.45, 2.75) is 13.8 Å². The number of hydrogen-bond donors (Lipinski definition) is 0. The van der Waals surface area contributed by atoms with Gasteiger partial charge in [0.25, 0.3) is 0 Å². The number of ether oxygens (including phenoxy) is 4. The van der Waals surface area contributed by atoms with E-state index in [1.54, 1.807) is 0 Å².